The van der Waals surface area contributed by atoms with Crippen molar-refractivity contribution < 1.29 is 14.4 Å². The van der Waals surface area contributed by atoms with Crippen LogP contribution in [0.4, 0.5) is 5.69 Å². The lowest BCUT2D eigenvalue weighted by molar-refractivity contribution is -0.928. The molecular formula is C15H22ClN2O2+. The molecule has 1 aliphatic rings. The van der Waals surface area contributed by atoms with Crippen molar-refractivity contribution in [3.8, 4) is 0 Å². The van der Waals surface area contributed by atoms with E-state index in [4.69, 9.17) is 16.3 Å². The largest absolute Gasteiger partial charge is 0.364 e. The SMILES string of the molecule is C[C@@H]1C[NH+]([C@@H](C)C(=O)Nc2ccccc2Cl)C[C@@H](C)O1. The lowest BCUT2D eigenvalue weighted by Crippen LogP contribution is -3.19. The van der Waals surface area contributed by atoms with Crippen molar-refractivity contribution in [2.45, 2.75) is 39.0 Å². The summed E-state index contributed by atoms with van der Waals surface area (Å²) in [4.78, 5) is 13.6. The predicted octanol–water partition coefficient (Wildman–Crippen LogP) is 1.36. The van der Waals surface area contributed by atoms with Crippen LogP contribution < -0.4 is 10.2 Å². The molecule has 110 valence electrons. The first kappa shape index (κ1) is 15.3. The summed E-state index contributed by atoms with van der Waals surface area (Å²) >= 11 is 6.06. The first-order valence-electron chi connectivity index (χ1n) is 7.02. The molecule has 5 heteroatoms. The number of ether oxygens (including phenoxy) is 1. The predicted molar refractivity (Wildman–Crippen MR) is 80.2 cm³/mol. The van der Waals surface area contributed by atoms with E-state index in [9.17, 15) is 4.79 Å². The Hall–Kier alpha value is -1.10. The molecule has 1 amide bonds. The van der Waals surface area contributed by atoms with Crippen LogP contribution in [0.3, 0.4) is 0 Å². The second-order valence-electron chi connectivity index (χ2n) is 5.51. The lowest BCUT2D eigenvalue weighted by Gasteiger charge is -2.35. The fourth-order valence-electron chi connectivity index (χ4n) is 2.66. The molecule has 2 N–H and O–H groups in total. The van der Waals surface area contributed by atoms with Crippen molar-refractivity contribution in [1.82, 2.24) is 0 Å². The molecule has 1 aromatic rings. The molecule has 1 fully saturated rings. The van der Waals surface area contributed by atoms with Gasteiger partial charge in [-0.2, -0.15) is 0 Å². The maximum absolute atomic E-state index is 12.3. The van der Waals surface area contributed by atoms with Gasteiger partial charge in [0.05, 0.1) is 10.7 Å². The highest BCUT2D eigenvalue weighted by atomic mass is 35.5. The minimum atomic E-state index is -0.125. The topological polar surface area (TPSA) is 42.8 Å². The maximum atomic E-state index is 12.3. The zero-order valence-corrected chi connectivity index (χ0v) is 12.9. The van der Waals surface area contributed by atoms with Crippen molar-refractivity contribution in [3.63, 3.8) is 0 Å². The summed E-state index contributed by atoms with van der Waals surface area (Å²) in [5.74, 6) is -0.00519. The highest BCUT2D eigenvalue weighted by Crippen LogP contribution is 2.20. The van der Waals surface area contributed by atoms with Gasteiger partial charge in [0, 0.05) is 0 Å². The number of anilines is 1. The van der Waals surface area contributed by atoms with Crippen LogP contribution in [0.25, 0.3) is 0 Å². The summed E-state index contributed by atoms with van der Waals surface area (Å²) in [6.45, 7) is 7.75. The molecule has 4 nitrogen and oxygen atoms in total. The Balaban J connectivity index is 2.00. The molecule has 0 spiro atoms. The van der Waals surface area contributed by atoms with Gasteiger partial charge in [0.15, 0.2) is 6.04 Å². The number of amides is 1. The van der Waals surface area contributed by atoms with Gasteiger partial charge in [-0.05, 0) is 32.9 Å². The van der Waals surface area contributed by atoms with Crippen LogP contribution in [0.5, 0.6) is 0 Å². The molecule has 0 saturated carbocycles. The number of halogens is 1. The van der Waals surface area contributed by atoms with Crippen LogP contribution in [0, 0.1) is 0 Å². The molecule has 0 bridgehead atoms. The second-order valence-corrected chi connectivity index (χ2v) is 5.92. The number of para-hydroxylation sites is 1. The lowest BCUT2D eigenvalue weighted by atomic mass is 10.1. The van der Waals surface area contributed by atoms with Crippen LogP contribution in [-0.2, 0) is 9.53 Å². The van der Waals surface area contributed by atoms with Crippen molar-refractivity contribution in [3.05, 3.63) is 29.3 Å². The third kappa shape index (κ3) is 3.72. The maximum Gasteiger partial charge on any atom is 0.282 e. The molecule has 1 saturated heterocycles. The van der Waals surface area contributed by atoms with Crippen LogP contribution in [0.1, 0.15) is 20.8 Å². The highest BCUT2D eigenvalue weighted by Gasteiger charge is 2.33. The fraction of sp³-hybridized carbons (Fsp3) is 0.533. The average molecular weight is 298 g/mol. The molecule has 1 aliphatic heterocycles. The van der Waals surface area contributed by atoms with E-state index in [1.165, 1.54) is 4.90 Å². The van der Waals surface area contributed by atoms with Gasteiger partial charge in [0.1, 0.15) is 25.3 Å². The monoisotopic (exact) mass is 297 g/mol. The summed E-state index contributed by atoms with van der Waals surface area (Å²) in [5, 5.41) is 3.47. The van der Waals surface area contributed by atoms with E-state index in [0.29, 0.717) is 10.7 Å². The van der Waals surface area contributed by atoms with Gasteiger partial charge in [-0.1, -0.05) is 23.7 Å². The van der Waals surface area contributed by atoms with Crippen LogP contribution in [-0.4, -0.2) is 37.2 Å². The summed E-state index contributed by atoms with van der Waals surface area (Å²) in [7, 11) is 0. The van der Waals surface area contributed by atoms with Gasteiger partial charge in [-0.15, -0.1) is 0 Å². The number of hydrogen-bond donors (Lipinski definition) is 2. The molecule has 20 heavy (non-hydrogen) atoms. The molecule has 2 rings (SSSR count). The number of rotatable bonds is 3. The van der Waals surface area contributed by atoms with Gasteiger partial charge in [0.2, 0.25) is 0 Å². The summed E-state index contributed by atoms with van der Waals surface area (Å²) in [6, 6.07) is 7.16. The Morgan fingerprint density at radius 2 is 1.95 bits per heavy atom. The van der Waals surface area contributed by atoms with E-state index >= 15 is 0 Å². The molecule has 0 aromatic heterocycles. The highest BCUT2D eigenvalue weighted by molar-refractivity contribution is 6.33. The van der Waals surface area contributed by atoms with Crippen molar-refractivity contribution in [2.75, 3.05) is 18.4 Å². The van der Waals surface area contributed by atoms with E-state index < -0.39 is 0 Å². The summed E-state index contributed by atoms with van der Waals surface area (Å²) < 4.78 is 5.71. The molecule has 1 heterocycles. The van der Waals surface area contributed by atoms with Gasteiger partial charge in [-0.25, -0.2) is 0 Å². The number of hydrogen-bond acceptors (Lipinski definition) is 2. The molecule has 0 unspecified atom stereocenters. The van der Waals surface area contributed by atoms with E-state index in [1.807, 2.05) is 39.0 Å². The minimum absolute atomic E-state index is 0.00519. The first-order chi connectivity index (χ1) is 9.47. The van der Waals surface area contributed by atoms with Gasteiger partial charge in [0.25, 0.3) is 5.91 Å². The number of benzene rings is 1. The number of quaternary nitrogens is 1. The van der Waals surface area contributed by atoms with E-state index in [2.05, 4.69) is 5.32 Å². The molecule has 1 aromatic carbocycles. The van der Waals surface area contributed by atoms with Gasteiger partial charge < -0.3 is 15.0 Å². The van der Waals surface area contributed by atoms with Crippen LogP contribution in [0.2, 0.25) is 5.02 Å². The number of carbonyl (C=O) groups is 1. The van der Waals surface area contributed by atoms with E-state index in [-0.39, 0.29) is 24.2 Å². The quantitative estimate of drug-likeness (QED) is 0.885. The molecule has 0 aliphatic carbocycles. The zero-order valence-electron chi connectivity index (χ0n) is 12.2. The molecule has 3 atom stereocenters. The average Bonchev–Trinajstić information content (AvgIpc) is 2.39. The minimum Gasteiger partial charge on any atom is -0.364 e. The Kier molecular flexibility index (Phi) is 5.02. The Morgan fingerprint density at radius 3 is 2.55 bits per heavy atom. The van der Waals surface area contributed by atoms with Gasteiger partial charge in [-0.3, -0.25) is 4.79 Å². The second kappa shape index (κ2) is 6.57. The Labute approximate surface area is 125 Å². The standard InChI is InChI=1S/C15H21ClN2O2/c1-10-8-18(9-11(2)20-10)12(3)15(19)17-14-7-5-4-6-13(14)16/h4-7,10-12H,8-9H2,1-3H3,(H,17,19)/p+1/t10-,11-,12+/m1/s1. The van der Waals surface area contributed by atoms with Crippen LogP contribution in [0.15, 0.2) is 24.3 Å². The summed E-state index contributed by atoms with van der Waals surface area (Å²) in [5.41, 5.74) is 0.666. The fourth-order valence-corrected chi connectivity index (χ4v) is 2.84. The molecular weight excluding hydrogens is 276 g/mol. The number of carbonyl (C=O) groups excluding carboxylic acids is 1. The van der Waals surface area contributed by atoms with Crippen molar-refractivity contribution in [2.24, 2.45) is 0 Å². The summed E-state index contributed by atoms with van der Waals surface area (Å²) in [6.07, 6.45) is 0.369. The number of nitrogens with one attached hydrogen (secondary N) is 2. The van der Waals surface area contributed by atoms with Gasteiger partial charge >= 0.3 is 0 Å². The third-order valence-corrected chi connectivity index (χ3v) is 4.03. The van der Waals surface area contributed by atoms with Crippen molar-refractivity contribution in [1.29, 1.82) is 0 Å². The Bertz CT molecular complexity index is 471. The third-order valence-electron chi connectivity index (χ3n) is 3.70. The first-order valence-corrected chi connectivity index (χ1v) is 7.40. The van der Waals surface area contributed by atoms with Crippen molar-refractivity contribution >= 4 is 23.2 Å². The smallest absolute Gasteiger partial charge is 0.282 e. The van der Waals surface area contributed by atoms with Crippen LogP contribution >= 0.6 is 11.6 Å². The number of morpholine rings is 1. The molecule has 0 radical (unpaired) electrons. The normalized spacial score (nSPS) is 27.9. The van der Waals surface area contributed by atoms with E-state index in [0.717, 1.165) is 13.1 Å². The Morgan fingerprint density at radius 1 is 1.35 bits per heavy atom. The van der Waals surface area contributed by atoms with E-state index in [1.54, 1.807) is 6.07 Å². The zero-order chi connectivity index (χ0) is 14.7.